The molecule has 4 rings (SSSR count). The Morgan fingerprint density at radius 1 is 1.17 bits per heavy atom. The maximum Gasteiger partial charge on any atom is 0.264 e. The van der Waals surface area contributed by atoms with Crippen molar-refractivity contribution < 1.29 is 9.53 Å². The van der Waals surface area contributed by atoms with Gasteiger partial charge in [0.05, 0.1) is 17.3 Å². The van der Waals surface area contributed by atoms with Gasteiger partial charge >= 0.3 is 0 Å². The van der Waals surface area contributed by atoms with Crippen LogP contribution >= 0.6 is 0 Å². The largest absolute Gasteiger partial charge is 0.482 e. The van der Waals surface area contributed by atoms with Gasteiger partial charge in [-0.25, -0.2) is 4.98 Å². The van der Waals surface area contributed by atoms with E-state index in [4.69, 9.17) is 10.00 Å². The third-order valence-electron chi connectivity index (χ3n) is 4.53. The maximum absolute atomic E-state index is 11.9. The number of fused-ring (bicyclic) bond motifs is 1. The van der Waals surface area contributed by atoms with Crippen molar-refractivity contribution in [2.24, 2.45) is 0 Å². The average Bonchev–Trinajstić information content (AvgIpc) is 2.73. The highest BCUT2D eigenvalue weighted by Gasteiger charge is 2.22. The molecule has 0 atom stereocenters. The Kier molecular flexibility index (Phi) is 4.71. The van der Waals surface area contributed by atoms with Crippen LogP contribution in [0, 0.1) is 18.3 Å². The zero-order valence-corrected chi connectivity index (χ0v) is 15.9. The van der Waals surface area contributed by atoms with E-state index in [-0.39, 0.29) is 12.5 Å². The fourth-order valence-corrected chi connectivity index (χ4v) is 2.91. The summed E-state index contributed by atoms with van der Waals surface area (Å²) in [6.07, 6.45) is 1.71. The number of rotatable bonds is 4. The van der Waals surface area contributed by atoms with Crippen LogP contribution < -0.4 is 20.3 Å². The van der Waals surface area contributed by atoms with Gasteiger partial charge in [0, 0.05) is 30.2 Å². The molecule has 0 spiro atoms. The first kappa shape index (κ1) is 18.3. The lowest BCUT2D eigenvalue weighted by molar-refractivity contribution is -0.120. The second-order valence-corrected chi connectivity index (χ2v) is 6.59. The standard InChI is InChI=1S/C21H18N6O2/c1-13-11-23-21(25-15-5-3-4-14(8-15)10-22)26-20(13)24-16-6-7-18-17(9-16)27(2)19(28)12-29-18/h3-9,11H,12H2,1-2H3,(H2,23,24,25,26). The molecule has 0 fully saturated rings. The van der Waals surface area contributed by atoms with Crippen LogP contribution in [0.15, 0.2) is 48.7 Å². The number of carbonyl (C=O) groups excluding carboxylic acids is 1. The van der Waals surface area contributed by atoms with Crippen LogP contribution in [0.1, 0.15) is 11.1 Å². The number of benzene rings is 2. The molecule has 0 saturated carbocycles. The molecule has 3 aromatic rings. The number of nitrogens with one attached hydrogen (secondary N) is 2. The first-order valence-corrected chi connectivity index (χ1v) is 8.95. The summed E-state index contributed by atoms with van der Waals surface area (Å²) in [5.74, 6) is 1.60. The second-order valence-electron chi connectivity index (χ2n) is 6.59. The molecule has 144 valence electrons. The molecule has 0 bridgehead atoms. The normalized spacial score (nSPS) is 12.6. The molecule has 1 aliphatic heterocycles. The van der Waals surface area contributed by atoms with Crippen LogP contribution in [-0.2, 0) is 4.79 Å². The zero-order valence-electron chi connectivity index (χ0n) is 15.9. The van der Waals surface area contributed by atoms with Crippen molar-refractivity contribution in [2.75, 3.05) is 29.2 Å². The molecule has 0 radical (unpaired) electrons. The summed E-state index contributed by atoms with van der Waals surface area (Å²) in [5, 5.41) is 15.4. The van der Waals surface area contributed by atoms with Crippen molar-refractivity contribution in [2.45, 2.75) is 6.92 Å². The van der Waals surface area contributed by atoms with Gasteiger partial charge in [-0.1, -0.05) is 6.07 Å². The third kappa shape index (κ3) is 3.80. The van der Waals surface area contributed by atoms with E-state index in [2.05, 4.69) is 26.7 Å². The van der Waals surface area contributed by atoms with E-state index < -0.39 is 0 Å². The van der Waals surface area contributed by atoms with Gasteiger partial charge in [0.15, 0.2) is 6.61 Å². The minimum absolute atomic E-state index is 0.0450. The number of amides is 1. The highest BCUT2D eigenvalue weighted by atomic mass is 16.5. The number of aromatic nitrogens is 2. The van der Waals surface area contributed by atoms with Crippen molar-refractivity contribution in [1.82, 2.24) is 9.97 Å². The number of hydrogen-bond donors (Lipinski definition) is 2. The number of hydrogen-bond acceptors (Lipinski definition) is 7. The summed E-state index contributed by atoms with van der Waals surface area (Å²) in [6, 6.07) is 14.7. The van der Waals surface area contributed by atoms with Crippen LogP contribution in [0.2, 0.25) is 0 Å². The van der Waals surface area contributed by atoms with Crippen LogP contribution in [-0.4, -0.2) is 29.5 Å². The van der Waals surface area contributed by atoms with E-state index in [0.717, 1.165) is 16.9 Å². The SMILES string of the molecule is Cc1cnc(Nc2cccc(C#N)c2)nc1Nc1ccc2c(c1)N(C)C(=O)CO2. The Morgan fingerprint density at radius 2 is 2.00 bits per heavy atom. The smallest absolute Gasteiger partial charge is 0.264 e. The van der Waals surface area contributed by atoms with Crippen molar-refractivity contribution >= 4 is 34.7 Å². The van der Waals surface area contributed by atoms with Gasteiger partial charge in [0.25, 0.3) is 5.91 Å². The Bertz CT molecular complexity index is 1140. The van der Waals surface area contributed by atoms with E-state index >= 15 is 0 Å². The summed E-state index contributed by atoms with van der Waals surface area (Å²) in [4.78, 5) is 22.3. The van der Waals surface area contributed by atoms with E-state index in [1.54, 1.807) is 36.3 Å². The fraction of sp³-hybridized carbons (Fsp3) is 0.143. The number of aryl methyl sites for hydroxylation is 1. The van der Waals surface area contributed by atoms with E-state index in [0.29, 0.717) is 28.8 Å². The van der Waals surface area contributed by atoms with Gasteiger partial charge in [-0.15, -0.1) is 0 Å². The van der Waals surface area contributed by atoms with Crippen LogP contribution in [0.5, 0.6) is 5.75 Å². The van der Waals surface area contributed by atoms with E-state index in [1.807, 2.05) is 31.2 Å². The van der Waals surface area contributed by atoms with Crippen molar-refractivity contribution in [3.63, 3.8) is 0 Å². The monoisotopic (exact) mass is 386 g/mol. The number of nitriles is 1. The highest BCUT2D eigenvalue weighted by Crippen LogP contribution is 2.34. The summed E-state index contributed by atoms with van der Waals surface area (Å²) < 4.78 is 5.46. The van der Waals surface area contributed by atoms with Crippen LogP contribution in [0.4, 0.5) is 28.8 Å². The van der Waals surface area contributed by atoms with E-state index in [1.165, 1.54) is 0 Å². The molecule has 8 nitrogen and oxygen atoms in total. The lowest BCUT2D eigenvalue weighted by Crippen LogP contribution is -2.35. The fourth-order valence-electron chi connectivity index (χ4n) is 2.91. The van der Waals surface area contributed by atoms with Crippen LogP contribution in [0.25, 0.3) is 0 Å². The van der Waals surface area contributed by atoms with Crippen molar-refractivity contribution in [3.8, 4) is 11.8 Å². The van der Waals surface area contributed by atoms with Gasteiger partial charge in [-0.05, 0) is 43.3 Å². The van der Waals surface area contributed by atoms with Gasteiger partial charge < -0.3 is 20.3 Å². The summed E-state index contributed by atoms with van der Waals surface area (Å²) in [6.45, 7) is 1.95. The number of nitrogens with zero attached hydrogens (tertiary/aromatic N) is 4. The predicted octanol–water partition coefficient (Wildman–Crippen LogP) is 3.50. The molecule has 8 heteroatoms. The molecule has 1 amide bonds. The van der Waals surface area contributed by atoms with Crippen molar-refractivity contribution in [3.05, 3.63) is 59.8 Å². The molecule has 29 heavy (non-hydrogen) atoms. The van der Waals surface area contributed by atoms with Gasteiger partial charge in [-0.2, -0.15) is 10.2 Å². The summed E-state index contributed by atoms with van der Waals surface area (Å²) >= 11 is 0. The third-order valence-corrected chi connectivity index (χ3v) is 4.53. The molecule has 2 aromatic carbocycles. The predicted molar refractivity (Wildman–Crippen MR) is 110 cm³/mol. The molecule has 0 aliphatic carbocycles. The average molecular weight is 386 g/mol. The minimum Gasteiger partial charge on any atom is -0.482 e. The second kappa shape index (κ2) is 7.48. The Hall–Kier alpha value is -4.12. The molecule has 2 N–H and O–H groups in total. The molecule has 0 saturated heterocycles. The molecule has 0 unspecified atom stereocenters. The molecule has 2 heterocycles. The van der Waals surface area contributed by atoms with Gasteiger partial charge in [0.2, 0.25) is 5.95 Å². The van der Waals surface area contributed by atoms with Gasteiger partial charge in [0.1, 0.15) is 11.6 Å². The first-order valence-electron chi connectivity index (χ1n) is 8.95. The Labute approximate surface area is 167 Å². The minimum atomic E-state index is -0.0982. The Balaban J connectivity index is 1.59. The lowest BCUT2D eigenvalue weighted by atomic mass is 10.2. The summed E-state index contributed by atoms with van der Waals surface area (Å²) in [7, 11) is 1.72. The Morgan fingerprint density at radius 3 is 2.83 bits per heavy atom. The highest BCUT2D eigenvalue weighted by molar-refractivity contribution is 5.98. The van der Waals surface area contributed by atoms with Crippen LogP contribution in [0.3, 0.4) is 0 Å². The number of ether oxygens (including phenoxy) is 1. The van der Waals surface area contributed by atoms with Crippen molar-refractivity contribution in [1.29, 1.82) is 5.26 Å². The summed E-state index contributed by atoms with van der Waals surface area (Å²) in [5.41, 5.74) is 3.61. The number of likely N-dealkylation sites (N-methyl/N-ethyl adjacent to an activating group) is 1. The molecule has 1 aromatic heterocycles. The quantitative estimate of drug-likeness (QED) is 0.707. The number of anilines is 5. The molecular weight excluding hydrogens is 368 g/mol. The topological polar surface area (TPSA) is 103 Å². The number of carbonyl (C=O) groups is 1. The first-order chi connectivity index (χ1) is 14.0. The van der Waals surface area contributed by atoms with Gasteiger partial charge in [-0.3, -0.25) is 4.79 Å². The van der Waals surface area contributed by atoms with E-state index in [9.17, 15) is 4.79 Å². The maximum atomic E-state index is 11.9. The molecule has 1 aliphatic rings. The lowest BCUT2D eigenvalue weighted by Gasteiger charge is -2.26. The molecular formula is C21H18N6O2. The zero-order chi connectivity index (χ0) is 20.4.